The van der Waals surface area contributed by atoms with E-state index in [0.29, 0.717) is 4.91 Å². The van der Waals surface area contributed by atoms with Crippen LogP contribution in [0.4, 0.5) is 0 Å². The molecular weight excluding hydrogens is 496 g/mol. The van der Waals surface area contributed by atoms with Gasteiger partial charge in [-0.15, -0.1) is 11.8 Å². The highest BCUT2D eigenvalue weighted by molar-refractivity contribution is 14.1. The van der Waals surface area contributed by atoms with Gasteiger partial charge in [0.2, 0.25) is 0 Å². The van der Waals surface area contributed by atoms with E-state index in [9.17, 15) is 9.90 Å². The third-order valence-electron chi connectivity index (χ3n) is 2.11. The molecule has 3 nitrogen and oxygen atoms in total. The van der Waals surface area contributed by atoms with Crippen molar-refractivity contribution in [3.05, 3.63) is 29.7 Å². The molecule has 1 aliphatic heterocycles. The Morgan fingerprint density at radius 2 is 2.00 bits per heavy atom. The molecule has 1 amide bonds. The van der Waals surface area contributed by atoms with Gasteiger partial charge in [-0.2, -0.15) is 4.99 Å². The molecule has 1 aromatic carbocycles. The van der Waals surface area contributed by atoms with Gasteiger partial charge < -0.3 is 5.11 Å². The highest BCUT2D eigenvalue weighted by atomic mass is 127. The number of amides is 1. The lowest BCUT2D eigenvalue weighted by atomic mass is 10.2. The second-order valence-electron chi connectivity index (χ2n) is 3.33. The lowest BCUT2D eigenvalue weighted by Crippen LogP contribution is -1.89. The van der Waals surface area contributed by atoms with Crippen LogP contribution in [0.5, 0.6) is 5.75 Å². The lowest BCUT2D eigenvalue weighted by molar-refractivity contribution is -0.113. The van der Waals surface area contributed by atoms with Gasteiger partial charge in [-0.25, -0.2) is 0 Å². The number of carbonyl (C=O) groups excluding carboxylic acids is 1. The summed E-state index contributed by atoms with van der Waals surface area (Å²) in [6, 6.07) is 3.69. The maximum Gasteiger partial charge on any atom is 0.285 e. The average Bonchev–Trinajstić information content (AvgIpc) is 2.67. The first-order valence-corrected chi connectivity index (χ1v) is 8.95. The van der Waals surface area contributed by atoms with Crippen molar-refractivity contribution in [2.75, 3.05) is 6.26 Å². The van der Waals surface area contributed by atoms with E-state index in [1.807, 2.05) is 24.5 Å². The fourth-order valence-corrected chi connectivity index (χ4v) is 4.53. The second-order valence-corrected chi connectivity index (χ2v) is 7.74. The Hall–Kier alpha value is 0.260. The predicted molar refractivity (Wildman–Crippen MR) is 95.1 cm³/mol. The molecule has 0 aromatic heterocycles. The van der Waals surface area contributed by atoms with Crippen molar-refractivity contribution in [1.29, 1.82) is 0 Å². The van der Waals surface area contributed by atoms with Gasteiger partial charge in [-0.3, -0.25) is 4.79 Å². The molecule has 18 heavy (non-hydrogen) atoms. The number of rotatable bonds is 1. The third kappa shape index (κ3) is 3.23. The summed E-state index contributed by atoms with van der Waals surface area (Å²) in [7, 11) is 0. The number of nitrogens with zero attached hydrogens (tertiary/aromatic N) is 1. The molecule has 0 aliphatic carbocycles. The Morgan fingerprint density at radius 1 is 1.39 bits per heavy atom. The van der Waals surface area contributed by atoms with Gasteiger partial charge in [0.1, 0.15) is 10.1 Å². The van der Waals surface area contributed by atoms with E-state index < -0.39 is 0 Å². The van der Waals surface area contributed by atoms with Crippen LogP contribution in [0, 0.1) is 7.14 Å². The summed E-state index contributed by atoms with van der Waals surface area (Å²) in [5.41, 5.74) is 0.898. The molecule has 0 saturated heterocycles. The van der Waals surface area contributed by atoms with E-state index in [-0.39, 0.29) is 11.7 Å². The van der Waals surface area contributed by atoms with Crippen molar-refractivity contribution >= 4 is 85.1 Å². The first-order chi connectivity index (χ1) is 8.51. The summed E-state index contributed by atoms with van der Waals surface area (Å²) in [6.07, 6.45) is 3.71. The van der Waals surface area contributed by atoms with Gasteiger partial charge in [0.15, 0.2) is 0 Å². The maximum atomic E-state index is 11.6. The van der Waals surface area contributed by atoms with Crippen LogP contribution in [-0.2, 0) is 4.79 Å². The van der Waals surface area contributed by atoms with E-state index in [2.05, 4.69) is 50.2 Å². The van der Waals surface area contributed by atoms with Crippen LogP contribution in [0.25, 0.3) is 6.08 Å². The first kappa shape index (κ1) is 14.7. The topological polar surface area (TPSA) is 49.7 Å². The molecule has 0 spiro atoms. The highest BCUT2D eigenvalue weighted by Crippen LogP contribution is 2.34. The number of hydrogen-bond donors (Lipinski definition) is 1. The molecule has 0 atom stereocenters. The molecule has 1 aliphatic rings. The molecule has 0 fully saturated rings. The minimum atomic E-state index is -0.192. The van der Waals surface area contributed by atoms with E-state index in [4.69, 9.17) is 0 Å². The van der Waals surface area contributed by atoms with Crippen LogP contribution >= 0.6 is 68.7 Å². The molecular formula is C11H7I2NO2S2. The van der Waals surface area contributed by atoms with Crippen LogP contribution in [0.15, 0.2) is 22.0 Å². The van der Waals surface area contributed by atoms with Crippen molar-refractivity contribution in [3.63, 3.8) is 0 Å². The van der Waals surface area contributed by atoms with Gasteiger partial charge in [0.25, 0.3) is 5.91 Å². The molecule has 0 bridgehead atoms. The van der Waals surface area contributed by atoms with Crippen LogP contribution in [0.3, 0.4) is 0 Å². The Kier molecular flexibility index (Phi) is 5.00. The monoisotopic (exact) mass is 503 g/mol. The molecule has 1 aromatic rings. The fourth-order valence-electron chi connectivity index (χ4n) is 1.30. The SMILES string of the molecule is CSC1=NC(=O)/C(=C/c2cc(I)c(O)c(I)c2)S1. The number of aliphatic imine (C=N–C) groups is 1. The first-order valence-electron chi connectivity index (χ1n) is 4.76. The minimum Gasteiger partial charge on any atom is -0.506 e. The van der Waals surface area contributed by atoms with Gasteiger partial charge in [0.05, 0.1) is 12.0 Å². The Labute approximate surface area is 140 Å². The summed E-state index contributed by atoms with van der Waals surface area (Å²) in [5, 5.41) is 9.69. The Balaban J connectivity index is 2.33. The predicted octanol–water partition coefficient (Wildman–Crippen LogP) is 3.93. The number of thioether (sulfide) groups is 2. The van der Waals surface area contributed by atoms with Gasteiger partial charge >= 0.3 is 0 Å². The zero-order valence-electron chi connectivity index (χ0n) is 9.11. The highest BCUT2D eigenvalue weighted by Gasteiger charge is 2.21. The second kappa shape index (κ2) is 6.14. The summed E-state index contributed by atoms with van der Waals surface area (Å²) < 4.78 is 2.31. The molecule has 1 heterocycles. The minimum absolute atomic E-state index is 0.192. The number of carbonyl (C=O) groups is 1. The smallest absolute Gasteiger partial charge is 0.285 e. The summed E-state index contributed by atoms with van der Waals surface area (Å²) in [5.74, 6) is 0.0900. The third-order valence-corrected chi connectivity index (χ3v) is 5.73. The van der Waals surface area contributed by atoms with E-state index >= 15 is 0 Å². The molecule has 94 valence electrons. The van der Waals surface area contributed by atoms with Gasteiger partial charge in [-0.1, -0.05) is 11.8 Å². The molecule has 2 rings (SSSR count). The van der Waals surface area contributed by atoms with E-state index in [1.54, 1.807) is 0 Å². The zero-order chi connectivity index (χ0) is 13.3. The van der Waals surface area contributed by atoms with Gasteiger partial charge in [-0.05, 0) is 75.2 Å². The number of aromatic hydroxyl groups is 1. The maximum absolute atomic E-state index is 11.6. The molecule has 7 heteroatoms. The molecule has 1 N–H and O–H groups in total. The van der Waals surface area contributed by atoms with Crippen molar-refractivity contribution in [3.8, 4) is 5.75 Å². The van der Waals surface area contributed by atoms with Crippen LogP contribution < -0.4 is 0 Å². The number of phenolic OH excluding ortho intramolecular Hbond substituents is 1. The van der Waals surface area contributed by atoms with Crippen molar-refractivity contribution in [1.82, 2.24) is 0 Å². The van der Waals surface area contributed by atoms with Crippen LogP contribution in [0.2, 0.25) is 0 Å². The van der Waals surface area contributed by atoms with Crippen LogP contribution in [-0.4, -0.2) is 21.6 Å². The molecule has 0 radical (unpaired) electrons. The summed E-state index contributed by atoms with van der Waals surface area (Å²) in [6.45, 7) is 0. The van der Waals surface area contributed by atoms with Crippen molar-refractivity contribution in [2.45, 2.75) is 0 Å². The number of hydrogen-bond acceptors (Lipinski definition) is 4. The zero-order valence-corrected chi connectivity index (χ0v) is 15.1. The molecule has 0 unspecified atom stereocenters. The van der Waals surface area contributed by atoms with Gasteiger partial charge in [0, 0.05) is 0 Å². The molecule has 0 saturated carbocycles. The van der Waals surface area contributed by atoms with E-state index in [1.165, 1.54) is 23.5 Å². The van der Waals surface area contributed by atoms with Crippen molar-refractivity contribution in [2.24, 2.45) is 4.99 Å². The Morgan fingerprint density at radius 3 is 2.50 bits per heavy atom. The normalized spacial score (nSPS) is 17.4. The largest absolute Gasteiger partial charge is 0.506 e. The fraction of sp³-hybridized carbons (Fsp3) is 0.0909. The van der Waals surface area contributed by atoms with Crippen molar-refractivity contribution < 1.29 is 9.90 Å². The summed E-state index contributed by atoms with van der Waals surface area (Å²) in [4.78, 5) is 16.2. The number of phenols is 1. The summed E-state index contributed by atoms with van der Waals surface area (Å²) >= 11 is 6.99. The van der Waals surface area contributed by atoms with E-state index in [0.717, 1.165) is 17.1 Å². The average molecular weight is 503 g/mol. The van der Waals surface area contributed by atoms with Crippen LogP contribution in [0.1, 0.15) is 5.56 Å². The quantitative estimate of drug-likeness (QED) is 0.467. The number of halogens is 2. The number of benzene rings is 1. The Bertz CT molecular complexity index is 561. The standard InChI is InChI=1S/C11H7I2NO2S2/c1-17-11-14-10(16)8(18-11)4-5-2-6(12)9(15)7(13)3-5/h2-4,15H,1H3/b8-4-. The lowest BCUT2D eigenvalue weighted by Gasteiger charge is -2.03.